The van der Waals surface area contributed by atoms with Gasteiger partial charge in [0.1, 0.15) is 0 Å². The van der Waals surface area contributed by atoms with Gasteiger partial charge >= 0.3 is 6.18 Å². The zero-order valence-electron chi connectivity index (χ0n) is 14.6. The molecule has 2 rings (SSSR count). The second kappa shape index (κ2) is 8.30. The summed E-state index contributed by atoms with van der Waals surface area (Å²) >= 11 is 0.746. The molecule has 1 amide bonds. The number of halogens is 3. The molecule has 11 heteroatoms. The van der Waals surface area contributed by atoms with Gasteiger partial charge < -0.3 is 10.7 Å². The molecule has 1 aromatic carbocycles. The zero-order chi connectivity index (χ0) is 20.2. The molecule has 144 valence electrons. The van der Waals surface area contributed by atoms with E-state index in [0.29, 0.717) is 10.4 Å². The van der Waals surface area contributed by atoms with Gasteiger partial charge in [-0.25, -0.2) is 4.68 Å². The van der Waals surface area contributed by atoms with E-state index in [1.165, 1.54) is 4.90 Å². The van der Waals surface area contributed by atoms with Crippen LogP contribution in [0.25, 0.3) is 0 Å². The predicted molar refractivity (Wildman–Crippen MR) is 94.4 cm³/mol. The number of aryl methyl sites for hydroxylation is 2. The van der Waals surface area contributed by atoms with Gasteiger partial charge in [-0.15, -0.1) is 10.2 Å². The molecule has 0 unspecified atom stereocenters. The molecule has 0 aliphatic carbocycles. The van der Waals surface area contributed by atoms with E-state index < -0.39 is 12.0 Å². The molecule has 0 bridgehead atoms. The zero-order valence-corrected chi connectivity index (χ0v) is 15.4. The first-order chi connectivity index (χ1) is 12.6. The predicted octanol–water partition coefficient (Wildman–Crippen LogP) is 2.67. The number of hydrogen-bond acceptors (Lipinski definition) is 6. The lowest BCUT2D eigenvalue weighted by molar-refractivity contribution is -0.146. The standard InChI is InChI=1S/C16H17F3N6OS/c1-10-4-5-12(8-11(10)2)24(7-3-6-20)13(26)9-27-15-23-22-14(25(15)21)16(17,18)19/h4-5,8H,3,7,9,21H2,1-2H3. The highest BCUT2D eigenvalue weighted by Gasteiger charge is 2.38. The van der Waals surface area contributed by atoms with Crippen molar-refractivity contribution in [1.29, 1.82) is 5.26 Å². The number of carbonyl (C=O) groups excluding carboxylic acids is 1. The molecular weight excluding hydrogens is 381 g/mol. The summed E-state index contributed by atoms with van der Waals surface area (Å²) in [6, 6.07) is 7.42. The summed E-state index contributed by atoms with van der Waals surface area (Å²) in [7, 11) is 0. The van der Waals surface area contributed by atoms with Crippen molar-refractivity contribution in [3.05, 3.63) is 35.2 Å². The molecule has 0 atom stereocenters. The lowest BCUT2D eigenvalue weighted by Crippen LogP contribution is -2.33. The van der Waals surface area contributed by atoms with Crippen molar-refractivity contribution in [1.82, 2.24) is 14.9 Å². The maximum absolute atomic E-state index is 12.7. The number of alkyl halides is 3. The number of thioether (sulfide) groups is 1. The fourth-order valence-corrected chi connectivity index (χ4v) is 2.96. The molecule has 7 nitrogen and oxygen atoms in total. The number of amides is 1. The van der Waals surface area contributed by atoms with Crippen molar-refractivity contribution in [2.45, 2.75) is 31.6 Å². The van der Waals surface area contributed by atoms with Crippen molar-refractivity contribution in [2.24, 2.45) is 0 Å². The van der Waals surface area contributed by atoms with Crippen LogP contribution in [0.5, 0.6) is 0 Å². The number of rotatable bonds is 6. The summed E-state index contributed by atoms with van der Waals surface area (Å²) in [4.78, 5) is 14.0. The first-order valence-electron chi connectivity index (χ1n) is 7.80. The van der Waals surface area contributed by atoms with Crippen molar-refractivity contribution in [3.63, 3.8) is 0 Å². The molecule has 0 fully saturated rings. The van der Waals surface area contributed by atoms with Crippen molar-refractivity contribution in [3.8, 4) is 6.07 Å². The number of aromatic nitrogens is 3. The quantitative estimate of drug-likeness (QED) is 0.593. The van der Waals surface area contributed by atoms with Crippen molar-refractivity contribution >= 4 is 23.4 Å². The Labute approximate surface area is 157 Å². The summed E-state index contributed by atoms with van der Waals surface area (Å²) in [5, 5.41) is 15.0. The Kier molecular flexibility index (Phi) is 6.32. The smallest absolute Gasteiger partial charge is 0.335 e. The minimum atomic E-state index is -4.73. The number of nitrogens with two attached hydrogens (primary N) is 1. The fourth-order valence-electron chi connectivity index (χ4n) is 2.23. The molecule has 2 aromatic rings. The molecule has 0 spiro atoms. The number of nitrogen functional groups attached to an aromatic ring is 1. The molecule has 0 aliphatic heterocycles. The Morgan fingerprint density at radius 1 is 1.33 bits per heavy atom. The molecule has 2 N–H and O–H groups in total. The molecule has 0 saturated carbocycles. The van der Waals surface area contributed by atoms with Gasteiger partial charge in [-0.05, 0) is 37.1 Å². The molecule has 1 heterocycles. The number of hydrogen-bond donors (Lipinski definition) is 1. The second-order valence-electron chi connectivity index (χ2n) is 5.68. The summed E-state index contributed by atoms with van der Waals surface area (Å²) in [5.74, 6) is 3.44. The van der Waals surface area contributed by atoms with Crippen LogP contribution in [0.15, 0.2) is 23.4 Å². The normalized spacial score (nSPS) is 11.3. The van der Waals surface area contributed by atoms with E-state index in [2.05, 4.69) is 10.2 Å². The topological polar surface area (TPSA) is 101 Å². The lowest BCUT2D eigenvalue weighted by Gasteiger charge is -2.22. The largest absolute Gasteiger partial charge is 0.453 e. The average Bonchev–Trinajstić information content (AvgIpc) is 2.97. The summed E-state index contributed by atoms with van der Waals surface area (Å²) in [5.41, 5.74) is 2.65. The third-order valence-corrected chi connectivity index (χ3v) is 4.72. The minimum Gasteiger partial charge on any atom is -0.335 e. The highest BCUT2D eigenvalue weighted by atomic mass is 32.2. The van der Waals surface area contributed by atoms with Crippen LogP contribution >= 0.6 is 11.8 Å². The van der Waals surface area contributed by atoms with Gasteiger partial charge in [0.15, 0.2) is 0 Å². The van der Waals surface area contributed by atoms with E-state index in [1.807, 2.05) is 32.0 Å². The number of benzene rings is 1. The first kappa shape index (κ1) is 20.6. The van der Waals surface area contributed by atoms with Crippen LogP contribution in [-0.2, 0) is 11.0 Å². The van der Waals surface area contributed by atoms with Gasteiger partial charge in [-0.1, -0.05) is 17.8 Å². The maximum Gasteiger partial charge on any atom is 0.453 e. The van der Waals surface area contributed by atoms with E-state index in [-0.39, 0.29) is 29.8 Å². The Balaban J connectivity index is 2.16. The Morgan fingerprint density at radius 2 is 2.04 bits per heavy atom. The molecular formula is C16H17F3N6OS. The van der Waals surface area contributed by atoms with Crippen LogP contribution < -0.4 is 10.7 Å². The van der Waals surface area contributed by atoms with Crippen molar-refractivity contribution in [2.75, 3.05) is 23.0 Å². The highest BCUT2D eigenvalue weighted by Crippen LogP contribution is 2.29. The monoisotopic (exact) mass is 398 g/mol. The van der Waals surface area contributed by atoms with Crippen LogP contribution in [0.3, 0.4) is 0 Å². The average molecular weight is 398 g/mol. The van der Waals surface area contributed by atoms with Crippen molar-refractivity contribution < 1.29 is 18.0 Å². The summed E-state index contributed by atoms with van der Waals surface area (Å²) in [6.07, 6.45) is -4.61. The second-order valence-corrected chi connectivity index (χ2v) is 6.63. The van der Waals surface area contributed by atoms with E-state index >= 15 is 0 Å². The maximum atomic E-state index is 12.7. The third kappa shape index (κ3) is 4.91. The van der Waals surface area contributed by atoms with E-state index in [9.17, 15) is 18.0 Å². The summed E-state index contributed by atoms with van der Waals surface area (Å²) in [6.45, 7) is 4.00. The van der Waals surface area contributed by atoms with E-state index in [1.54, 1.807) is 6.07 Å². The molecule has 0 radical (unpaired) electrons. The fraction of sp³-hybridized carbons (Fsp3) is 0.375. The lowest BCUT2D eigenvalue weighted by atomic mass is 10.1. The van der Waals surface area contributed by atoms with Gasteiger partial charge in [0.05, 0.1) is 18.2 Å². The summed E-state index contributed by atoms with van der Waals surface area (Å²) < 4.78 is 38.4. The van der Waals surface area contributed by atoms with Gasteiger partial charge in [-0.3, -0.25) is 4.79 Å². The van der Waals surface area contributed by atoms with Gasteiger partial charge in [0, 0.05) is 12.2 Å². The molecule has 0 aliphatic rings. The number of nitrogens with zero attached hydrogens (tertiary/aromatic N) is 5. The molecule has 0 saturated heterocycles. The van der Waals surface area contributed by atoms with Crippen LogP contribution in [0.2, 0.25) is 0 Å². The van der Waals surface area contributed by atoms with Crippen LogP contribution in [0, 0.1) is 25.2 Å². The Hall–Kier alpha value is -2.74. The van der Waals surface area contributed by atoms with E-state index in [0.717, 1.165) is 22.9 Å². The molecule has 27 heavy (non-hydrogen) atoms. The van der Waals surface area contributed by atoms with Crippen LogP contribution in [-0.4, -0.2) is 33.1 Å². The highest BCUT2D eigenvalue weighted by molar-refractivity contribution is 7.99. The number of anilines is 1. The number of carbonyl (C=O) groups is 1. The molecule has 1 aromatic heterocycles. The number of nitriles is 1. The van der Waals surface area contributed by atoms with Gasteiger partial charge in [0.2, 0.25) is 11.1 Å². The van der Waals surface area contributed by atoms with Crippen LogP contribution in [0.1, 0.15) is 23.4 Å². The van der Waals surface area contributed by atoms with Crippen LogP contribution in [0.4, 0.5) is 18.9 Å². The minimum absolute atomic E-state index is 0.120. The van der Waals surface area contributed by atoms with E-state index in [4.69, 9.17) is 11.1 Å². The van der Waals surface area contributed by atoms with Gasteiger partial charge in [-0.2, -0.15) is 18.4 Å². The Morgan fingerprint density at radius 3 is 2.59 bits per heavy atom. The Bertz CT molecular complexity index is 874. The third-order valence-electron chi connectivity index (χ3n) is 3.79. The first-order valence-corrected chi connectivity index (χ1v) is 8.78. The SMILES string of the molecule is Cc1ccc(N(CCC#N)C(=O)CSc2nnc(C(F)(F)F)n2N)cc1C. The van der Waals surface area contributed by atoms with Gasteiger partial charge in [0.25, 0.3) is 5.82 Å².